The van der Waals surface area contributed by atoms with Gasteiger partial charge in [-0.2, -0.15) is 0 Å². The summed E-state index contributed by atoms with van der Waals surface area (Å²) in [6.07, 6.45) is 0. The molecule has 0 aliphatic rings. The monoisotopic (exact) mass is 310 g/mol. The van der Waals surface area contributed by atoms with Gasteiger partial charge in [0.2, 0.25) is 0 Å². The van der Waals surface area contributed by atoms with Crippen molar-refractivity contribution >= 4 is 16.7 Å². The third-order valence-electron chi connectivity index (χ3n) is 3.81. The topological polar surface area (TPSA) is 52.0 Å². The van der Waals surface area contributed by atoms with Crippen LogP contribution in [-0.2, 0) is 7.05 Å². The maximum absolute atomic E-state index is 13.1. The van der Waals surface area contributed by atoms with Crippen molar-refractivity contribution in [2.45, 2.75) is 13.8 Å². The first-order valence-electron chi connectivity index (χ1n) is 7.16. The molecular formula is C18H15FN2O2. The molecule has 2 aromatic carbocycles. The summed E-state index contributed by atoms with van der Waals surface area (Å²) in [4.78, 5) is 29.1. The minimum absolute atomic E-state index is 0.149. The molecule has 3 rings (SSSR count). The Bertz CT molecular complexity index is 989. The molecule has 0 radical (unpaired) electrons. The van der Waals surface area contributed by atoms with Gasteiger partial charge in [-0.05, 0) is 55.8 Å². The summed E-state index contributed by atoms with van der Waals surface area (Å²) in [5.74, 6) is -0.113. The number of halogens is 1. The highest BCUT2D eigenvalue weighted by atomic mass is 19.1. The second-order valence-corrected chi connectivity index (χ2v) is 5.57. The van der Waals surface area contributed by atoms with Crippen molar-refractivity contribution in [1.82, 2.24) is 9.55 Å². The van der Waals surface area contributed by atoms with Crippen molar-refractivity contribution in [3.63, 3.8) is 0 Å². The fourth-order valence-corrected chi connectivity index (χ4v) is 2.65. The van der Waals surface area contributed by atoms with E-state index < -0.39 is 0 Å². The number of Topliss-reactive ketones (excluding diaryl/α,β-unsaturated/α-hetero) is 1. The molecule has 1 aromatic heterocycles. The van der Waals surface area contributed by atoms with Crippen LogP contribution < -0.4 is 5.56 Å². The second-order valence-electron chi connectivity index (χ2n) is 5.57. The van der Waals surface area contributed by atoms with Crippen LogP contribution in [0.3, 0.4) is 0 Å². The van der Waals surface area contributed by atoms with Gasteiger partial charge in [-0.25, -0.2) is 9.37 Å². The largest absolute Gasteiger partial charge is 0.295 e. The molecule has 0 aliphatic heterocycles. The predicted molar refractivity (Wildman–Crippen MR) is 87.1 cm³/mol. The first-order chi connectivity index (χ1) is 10.9. The molecular weight excluding hydrogens is 295 g/mol. The smallest absolute Gasteiger partial charge is 0.261 e. The van der Waals surface area contributed by atoms with Crippen molar-refractivity contribution in [2.24, 2.45) is 7.05 Å². The maximum Gasteiger partial charge on any atom is 0.261 e. The van der Waals surface area contributed by atoms with E-state index in [-0.39, 0.29) is 17.2 Å². The highest BCUT2D eigenvalue weighted by Crippen LogP contribution is 2.22. The molecule has 0 atom stereocenters. The number of ketones is 1. The van der Waals surface area contributed by atoms with E-state index in [1.807, 2.05) is 6.92 Å². The number of hydrogen-bond donors (Lipinski definition) is 0. The van der Waals surface area contributed by atoms with E-state index in [0.717, 1.165) is 5.56 Å². The van der Waals surface area contributed by atoms with Gasteiger partial charge >= 0.3 is 0 Å². The predicted octanol–water partition coefficient (Wildman–Crippen LogP) is 3.25. The van der Waals surface area contributed by atoms with Crippen LogP contribution in [0.25, 0.3) is 22.3 Å². The summed E-state index contributed by atoms with van der Waals surface area (Å²) >= 11 is 0. The number of benzene rings is 2. The molecule has 5 heteroatoms. The molecule has 0 amide bonds. The first kappa shape index (κ1) is 15.1. The van der Waals surface area contributed by atoms with Gasteiger partial charge in [0.15, 0.2) is 5.78 Å². The zero-order chi connectivity index (χ0) is 16.7. The Balaban J connectivity index is 2.41. The number of aromatic nitrogens is 2. The number of hydrogen-bond acceptors (Lipinski definition) is 3. The van der Waals surface area contributed by atoms with E-state index in [2.05, 4.69) is 4.98 Å². The van der Waals surface area contributed by atoms with E-state index in [1.54, 1.807) is 31.3 Å². The van der Waals surface area contributed by atoms with Gasteiger partial charge in [-0.15, -0.1) is 0 Å². The van der Waals surface area contributed by atoms with Gasteiger partial charge in [-0.1, -0.05) is 0 Å². The van der Waals surface area contributed by atoms with Crippen LogP contribution in [0.5, 0.6) is 0 Å². The zero-order valence-corrected chi connectivity index (χ0v) is 13.1. The van der Waals surface area contributed by atoms with Crippen LogP contribution >= 0.6 is 0 Å². The number of rotatable bonds is 2. The molecule has 116 valence electrons. The Labute approximate surface area is 132 Å². The second kappa shape index (κ2) is 5.43. The van der Waals surface area contributed by atoms with Crippen LogP contribution in [0.15, 0.2) is 41.2 Å². The fraction of sp³-hybridized carbons (Fsp3) is 0.167. The number of carbonyl (C=O) groups excluding carboxylic acids is 1. The van der Waals surface area contributed by atoms with Crippen molar-refractivity contribution < 1.29 is 9.18 Å². The third kappa shape index (κ3) is 2.54. The molecule has 0 N–H and O–H groups in total. The van der Waals surface area contributed by atoms with Gasteiger partial charge in [0.25, 0.3) is 5.56 Å². The van der Waals surface area contributed by atoms with Crippen LogP contribution in [-0.4, -0.2) is 15.3 Å². The fourth-order valence-electron chi connectivity index (χ4n) is 2.65. The van der Waals surface area contributed by atoms with Gasteiger partial charge in [0.05, 0.1) is 10.9 Å². The highest BCUT2D eigenvalue weighted by Gasteiger charge is 2.15. The van der Waals surface area contributed by atoms with Gasteiger partial charge in [0.1, 0.15) is 11.6 Å². The molecule has 0 unspecified atom stereocenters. The lowest BCUT2D eigenvalue weighted by molar-refractivity contribution is 0.101. The van der Waals surface area contributed by atoms with Crippen molar-refractivity contribution in [3.05, 3.63) is 63.7 Å². The lowest BCUT2D eigenvalue weighted by Gasteiger charge is -2.12. The summed E-state index contributed by atoms with van der Waals surface area (Å²) in [6, 6.07) is 9.20. The number of nitrogens with zero attached hydrogens (tertiary/aromatic N) is 2. The molecule has 1 heterocycles. The third-order valence-corrected chi connectivity index (χ3v) is 3.81. The van der Waals surface area contributed by atoms with Crippen molar-refractivity contribution in [2.75, 3.05) is 0 Å². The van der Waals surface area contributed by atoms with Gasteiger partial charge in [0, 0.05) is 18.2 Å². The molecule has 0 fully saturated rings. The molecule has 0 bridgehead atoms. The summed E-state index contributed by atoms with van der Waals surface area (Å²) in [5.41, 5.74) is 2.01. The molecule has 0 saturated heterocycles. The van der Waals surface area contributed by atoms with Crippen LogP contribution in [0.4, 0.5) is 4.39 Å². The van der Waals surface area contributed by atoms with E-state index >= 15 is 0 Å². The molecule has 0 spiro atoms. The minimum Gasteiger partial charge on any atom is -0.295 e. The summed E-state index contributed by atoms with van der Waals surface area (Å²) in [7, 11) is 1.61. The Kier molecular flexibility index (Phi) is 3.56. The average molecular weight is 310 g/mol. The van der Waals surface area contributed by atoms with E-state index in [0.29, 0.717) is 27.9 Å². The number of carbonyl (C=O) groups is 1. The Morgan fingerprint density at radius 2 is 1.83 bits per heavy atom. The first-order valence-corrected chi connectivity index (χ1v) is 7.16. The average Bonchev–Trinajstić information content (AvgIpc) is 2.51. The molecule has 0 saturated carbocycles. The van der Waals surface area contributed by atoms with Crippen molar-refractivity contribution in [1.29, 1.82) is 0 Å². The van der Waals surface area contributed by atoms with Crippen LogP contribution in [0.2, 0.25) is 0 Å². The summed E-state index contributed by atoms with van der Waals surface area (Å²) < 4.78 is 14.5. The molecule has 23 heavy (non-hydrogen) atoms. The summed E-state index contributed by atoms with van der Waals surface area (Å²) in [5, 5.41) is 0.406. The van der Waals surface area contributed by atoms with Crippen LogP contribution in [0.1, 0.15) is 22.8 Å². The maximum atomic E-state index is 13.1. The molecule has 0 aliphatic carbocycles. The quantitative estimate of drug-likeness (QED) is 0.683. The molecule has 4 nitrogen and oxygen atoms in total. The van der Waals surface area contributed by atoms with Crippen molar-refractivity contribution in [3.8, 4) is 11.4 Å². The highest BCUT2D eigenvalue weighted by molar-refractivity contribution is 6.05. The number of aryl methyl sites for hydroxylation is 1. The minimum atomic E-state index is -0.361. The normalized spacial score (nSPS) is 11.0. The zero-order valence-electron chi connectivity index (χ0n) is 13.1. The number of fused-ring (bicyclic) bond motifs is 1. The van der Waals surface area contributed by atoms with Gasteiger partial charge in [-0.3, -0.25) is 14.2 Å². The Morgan fingerprint density at radius 1 is 1.17 bits per heavy atom. The van der Waals surface area contributed by atoms with Crippen LogP contribution in [0, 0.1) is 12.7 Å². The van der Waals surface area contributed by atoms with E-state index in [1.165, 1.54) is 23.6 Å². The SMILES string of the molecule is CC(=O)c1cc(C)cc2c(=O)n(C)c(-c3ccc(F)cc3)nc12. The van der Waals surface area contributed by atoms with E-state index in [9.17, 15) is 14.0 Å². The molecule has 3 aromatic rings. The lowest BCUT2D eigenvalue weighted by atomic mass is 10.0. The summed E-state index contributed by atoms with van der Waals surface area (Å²) in [6.45, 7) is 3.28. The Hall–Kier alpha value is -2.82. The Morgan fingerprint density at radius 3 is 2.43 bits per heavy atom. The van der Waals surface area contributed by atoms with Gasteiger partial charge < -0.3 is 0 Å². The standard InChI is InChI=1S/C18H15FN2O2/c1-10-8-14(11(2)22)16-15(9-10)18(23)21(3)17(20-16)12-4-6-13(19)7-5-12/h4-9H,1-3H3. The lowest BCUT2D eigenvalue weighted by Crippen LogP contribution is -2.21. The van der Waals surface area contributed by atoms with E-state index in [4.69, 9.17) is 0 Å².